The van der Waals surface area contributed by atoms with E-state index in [0.717, 1.165) is 19.5 Å². The SMILES string of the molecule is O=[N+]([O-])c1cc(Cl)cnc1NC1CCNC1. The van der Waals surface area contributed by atoms with Gasteiger partial charge in [0.15, 0.2) is 0 Å². The second-order valence-electron chi connectivity index (χ2n) is 3.61. The number of nitrogens with one attached hydrogen (secondary N) is 2. The van der Waals surface area contributed by atoms with E-state index in [1.165, 1.54) is 12.3 Å². The molecule has 0 spiro atoms. The summed E-state index contributed by atoms with van der Waals surface area (Å²) in [6.45, 7) is 1.71. The summed E-state index contributed by atoms with van der Waals surface area (Å²) in [5.74, 6) is 0.281. The minimum absolute atomic E-state index is 0.0839. The number of halogens is 1. The van der Waals surface area contributed by atoms with Crippen LogP contribution in [0.3, 0.4) is 0 Å². The smallest absolute Gasteiger partial charge is 0.312 e. The first-order chi connectivity index (χ1) is 7.66. The highest BCUT2D eigenvalue weighted by molar-refractivity contribution is 6.30. The fraction of sp³-hybridized carbons (Fsp3) is 0.444. The number of pyridine rings is 1. The minimum Gasteiger partial charge on any atom is -0.360 e. The van der Waals surface area contributed by atoms with E-state index in [1.807, 2.05) is 0 Å². The summed E-state index contributed by atoms with van der Waals surface area (Å²) < 4.78 is 0. The molecule has 2 N–H and O–H groups in total. The van der Waals surface area contributed by atoms with Crippen molar-refractivity contribution in [1.82, 2.24) is 10.3 Å². The first-order valence-corrected chi connectivity index (χ1v) is 5.32. The Bertz CT molecular complexity index is 406. The van der Waals surface area contributed by atoms with E-state index in [9.17, 15) is 10.1 Å². The third-order valence-electron chi connectivity index (χ3n) is 2.43. The second-order valence-corrected chi connectivity index (χ2v) is 4.05. The summed E-state index contributed by atoms with van der Waals surface area (Å²) >= 11 is 5.67. The van der Waals surface area contributed by atoms with Gasteiger partial charge in [-0.25, -0.2) is 4.98 Å². The molecule has 0 amide bonds. The molecule has 2 rings (SSSR count). The number of anilines is 1. The lowest BCUT2D eigenvalue weighted by Crippen LogP contribution is -2.23. The average Bonchev–Trinajstić information content (AvgIpc) is 2.73. The van der Waals surface area contributed by atoms with Gasteiger partial charge in [0.1, 0.15) is 0 Å². The molecular formula is C9H11ClN4O2. The molecule has 1 saturated heterocycles. The molecule has 0 aliphatic carbocycles. The van der Waals surface area contributed by atoms with Crippen molar-refractivity contribution in [2.75, 3.05) is 18.4 Å². The Morgan fingerprint density at radius 2 is 2.50 bits per heavy atom. The van der Waals surface area contributed by atoms with E-state index in [-0.39, 0.29) is 22.6 Å². The van der Waals surface area contributed by atoms with Gasteiger partial charge in [-0.05, 0) is 13.0 Å². The fourth-order valence-electron chi connectivity index (χ4n) is 1.65. The molecule has 0 radical (unpaired) electrons. The average molecular weight is 243 g/mol. The monoisotopic (exact) mass is 242 g/mol. The highest BCUT2D eigenvalue weighted by atomic mass is 35.5. The quantitative estimate of drug-likeness (QED) is 0.619. The van der Waals surface area contributed by atoms with Gasteiger partial charge >= 0.3 is 5.69 Å². The Morgan fingerprint density at radius 3 is 3.12 bits per heavy atom. The molecule has 0 bridgehead atoms. The molecule has 1 unspecified atom stereocenters. The minimum atomic E-state index is -0.483. The third kappa shape index (κ3) is 2.40. The highest BCUT2D eigenvalue weighted by Crippen LogP contribution is 2.26. The number of aromatic nitrogens is 1. The first-order valence-electron chi connectivity index (χ1n) is 4.94. The lowest BCUT2D eigenvalue weighted by Gasteiger charge is -2.11. The van der Waals surface area contributed by atoms with Crippen LogP contribution >= 0.6 is 11.6 Å². The number of hydrogen-bond acceptors (Lipinski definition) is 5. The summed E-state index contributed by atoms with van der Waals surface area (Å²) in [5.41, 5.74) is -0.0839. The molecule has 86 valence electrons. The van der Waals surface area contributed by atoms with Crippen LogP contribution in [0.5, 0.6) is 0 Å². The molecule has 16 heavy (non-hydrogen) atoms. The second kappa shape index (κ2) is 4.63. The topological polar surface area (TPSA) is 80.1 Å². The summed E-state index contributed by atoms with van der Waals surface area (Å²) in [6.07, 6.45) is 2.33. The molecule has 1 aromatic heterocycles. The van der Waals surface area contributed by atoms with Crippen LogP contribution in [0.15, 0.2) is 12.3 Å². The van der Waals surface area contributed by atoms with E-state index >= 15 is 0 Å². The zero-order valence-corrected chi connectivity index (χ0v) is 9.20. The van der Waals surface area contributed by atoms with Crippen LogP contribution in [0.2, 0.25) is 5.02 Å². The maximum atomic E-state index is 10.8. The van der Waals surface area contributed by atoms with E-state index in [2.05, 4.69) is 15.6 Å². The largest absolute Gasteiger partial charge is 0.360 e. The molecule has 1 aliphatic rings. The predicted molar refractivity (Wildman–Crippen MR) is 60.8 cm³/mol. The predicted octanol–water partition coefficient (Wildman–Crippen LogP) is 1.42. The number of rotatable bonds is 3. The van der Waals surface area contributed by atoms with Gasteiger partial charge in [-0.3, -0.25) is 10.1 Å². The van der Waals surface area contributed by atoms with E-state index in [1.54, 1.807) is 0 Å². The molecule has 0 aromatic carbocycles. The van der Waals surface area contributed by atoms with Crippen molar-refractivity contribution < 1.29 is 4.92 Å². The van der Waals surface area contributed by atoms with Crippen molar-refractivity contribution in [2.45, 2.75) is 12.5 Å². The van der Waals surface area contributed by atoms with E-state index in [4.69, 9.17) is 11.6 Å². The lowest BCUT2D eigenvalue weighted by molar-refractivity contribution is -0.384. The lowest BCUT2D eigenvalue weighted by atomic mass is 10.2. The summed E-state index contributed by atoms with van der Waals surface area (Å²) in [6, 6.07) is 1.49. The standard InChI is InChI=1S/C9H11ClN4O2/c10-6-3-8(14(15)16)9(12-4-6)13-7-1-2-11-5-7/h3-4,7,11H,1-2,5H2,(H,12,13). The molecule has 1 atom stereocenters. The number of hydrogen-bond donors (Lipinski definition) is 2. The molecule has 0 saturated carbocycles. The van der Waals surface area contributed by atoms with Crippen LogP contribution in [0.25, 0.3) is 0 Å². The Morgan fingerprint density at radius 1 is 1.69 bits per heavy atom. The van der Waals surface area contributed by atoms with Crippen LogP contribution in [-0.2, 0) is 0 Å². The van der Waals surface area contributed by atoms with Gasteiger partial charge < -0.3 is 10.6 Å². The van der Waals surface area contributed by atoms with Crippen molar-refractivity contribution in [3.8, 4) is 0 Å². The highest BCUT2D eigenvalue weighted by Gasteiger charge is 2.21. The van der Waals surface area contributed by atoms with Crippen LogP contribution < -0.4 is 10.6 Å². The van der Waals surface area contributed by atoms with Crippen molar-refractivity contribution in [3.63, 3.8) is 0 Å². The number of nitro groups is 1. The van der Waals surface area contributed by atoms with Crippen LogP contribution in [0.1, 0.15) is 6.42 Å². The molecule has 2 heterocycles. The van der Waals surface area contributed by atoms with Crippen molar-refractivity contribution >= 4 is 23.1 Å². The van der Waals surface area contributed by atoms with Gasteiger partial charge in [0.05, 0.1) is 9.95 Å². The Balaban J connectivity index is 2.21. The molecule has 7 heteroatoms. The molecular weight excluding hydrogens is 232 g/mol. The van der Waals surface area contributed by atoms with Gasteiger partial charge in [-0.1, -0.05) is 11.6 Å². The Labute approximate surface area is 97.2 Å². The van der Waals surface area contributed by atoms with Gasteiger partial charge in [0.2, 0.25) is 5.82 Å². The summed E-state index contributed by atoms with van der Waals surface area (Å²) in [5, 5.41) is 17.3. The maximum absolute atomic E-state index is 10.8. The normalized spacial score (nSPS) is 19.7. The van der Waals surface area contributed by atoms with E-state index in [0.29, 0.717) is 0 Å². The molecule has 1 fully saturated rings. The third-order valence-corrected chi connectivity index (χ3v) is 2.64. The summed E-state index contributed by atoms with van der Waals surface area (Å²) in [4.78, 5) is 14.3. The Hall–Kier alpha value is -1.40. The zero-order valence-electron chi connectivity index (χ0n) is 8.44. The molecule has 1 aliphatic heterocycles. The maximum Gasteiger partial charge on any atom is 0.312 e. The van der Waals surface area contributed by atoms with Crippen molar-refractivity contribution in [1.29, 1.82) is 0 Å². The van der Waals surface area contributed by atoms with E-state index < -0.39 is 4.92 Å². The first kappa shape index (κ1) is 11.1. The van der Waals surface area contributed by atoms with Crippen molar-refractivity contribution in [3.05, 3.63) is 27.4 Å². The van der Waals surface area contributed by atoms with Gasteiger partial charge in [0, 0.05) is 24.8 Å². The molecule has 6 nitrogen and oxygen atoms in total. The van der Waals surface area contributed by atoms with Gasteiger partial charge in [-0.2, -0.15) is 0 Å². The Kier molecular flexibility index (Phi) is 3.21. The fourth-order valence-corrected chi connectivity index (χ4v) is 1.80. The van der Waals surface area contributed by atoms with Crippen LogP contribution in [-0.4, -0.2) is 29.0 Å². The van der Waals surface area contributed by atoms with Crippen LogP contribution in [0, 0.1) is 10.1 Å². The summed E-state index contributed by atoms with van der Waals surface area (Å²) in [7, 11) is 0. The number of nitrogens with zero attached hydrogens (tertiary/aromatic N) is 2. The van der Waals surface area contributed by atoms with Crippen molar-refractivity contribution in [2.24, 2.45) is 0 Å². The van der Waals surface area contributed by atoms with Gasteiger partial charge in [0.25, 0.3) is 0 Å². The van der Waals surface area contributed by atoms with Crippen LogP contribution in [0.4, 0.5) is 11.5 Å². The molecule has 1 aromatic rings. The van der Waals surface area contributed by atoms with Gasteiger partial charge in [-0.15, -0.1) is 0 Å². The zero-order chi connectivity index (χ0) is 11.5.